The van der Waals surface area contributed by atoms with Crippen LogP contribution in [0, 0.1) is 0 Å². The second kappa shape index (κ2) is 7.17. The van der Waals surface area contributed by atoms with Crippen molar-refractivity contribution in [3.63, 3.8) is 0 Å². The third-order valence-electron chi connectivity index (χ3n) is 3.50. The van der Waals surface area contributed by atoms with E-state index >= 15 is 0 Å². The normalized spacial score (nSPS) is 14.0. The van der Waals surface area contributed by atoms with Crippen molar-refractivity contribution in [2.24, 2.45) is 5.73 Å². The SMILES string of the molecule is NC(=S)c1ccc(CC(=O)NCC(=O)N2CCCC2)cc1. The van der Waals surface area contributed by atoms with E-state index in [1.54, 1.807) is 17.0 Å². The smallest absolute Gasteiger partial charge is 0.241 e. The van der Waals surface area contributed by atoms with Crippen LogP contribution < -0.4 is 11.1 Å². The molecule has 0 unspecified atom stereocenters. The molecule has 5 nitrogen and oxygen atoms in total. The zero-order valence-corrected chi connectivity index (χ0v) is 12.6. The Hall–Kier alpha value is -1.95. The Bertz CT molecular complexity index is 536. The fourth-order valence-electron chi connectivity index (χ4n) is 2.29. The van der Waals surface area contributed by atoms with Crippen molar-refractivity contribution >= 4 is 29.0 Å². The summed E-state index contributed by atoms with van der Waals surface area (Å²) in [7, 11) is 0. The first-order chi connectivity index (χ1) is 10.1. The van der Waals surface area contributed by atoms with Crippen molar-refractivity contribution in [1.29, 1.82) is 0 Å². The highest BCUT2D eigenvalue weighted by Gasteiger charge is 2.18. The Labute approximate surface area is 129 Å². The van der Waals surface area contributed by atoms with Gasteiger partial charge in [0.2, 0.25) is 11.8 Å². The van der Waals surface area contributed by atoms with Gasteiger partial charge in [-0.1, -0.05) is 36.5 Å². The summed E-state index contributed by atoms with van der Waals surface area (Å²) in [6.07, 6.45) is 2.34. The van der Waals surface area contributed by atoms with Crippen molar-refractivity contribution < 1.29 is 9.59 Å². The Kier molecular flexibility index (Phi) is 5.27. The molecule has 0 saturated carbocycles. The molecule has 0 bridgehead atoms. The van der Waals surface area contributed by atoms with Crippen molar-refractivity contribution in [3.8, 4) is 0 Å². The van der Waals surface area contributed by atoms with Crippen molar-refractivity contribution in [2.75, 3.05) is 19.6 Å². The van der Waals surface area contributed by atoms with Crippen LogP contribution in [-0.2, 0) is 16.0 Å². The summed E-state index contributed by atoms with van der Waals surface area (Å²) >= 11 is 4.87. The van der Waals surface area contributed by atoms with Crippen molar-refractivity contribution in [1.82, 2.24) is 10.2 Å². The van der Waals surface area contributed by atoms with Crippen LogP contribution in [-0.4, -0.2) is 41.3 Å². The van der Waals surface area contributed by atoms with E-state index in [9.17, 15) is 9.59 Å². The summed E-state index contributed by atoms with van der Waals surface area (Å²) in [4.78, 5) is 25.7. The van der Waals surface area contributed by atoms with Crippen LogP contribution in [0.15, 0.2) is 24.3 Å². The van der Waals surface area contributed by atoms with Gasteiger partial charge in [0.25, 0.3) is 0 Å². The molecule has 0 radical (unpaired) electrons. The van der Waals surface area contributed by atoms with Crippen LogP contribution in [0.2, 0.25) is 0 Å². The number of likely N-dealkylation sites (tertiary alicyclic amines) is 1. The van der Waals surface area contributed by atoms with Crippen molar-refractivity contribution in [3.05, 3.63) is 35.4 Å². The van der Waals surface area contributed by atoms with Gasteiger partial charge in [-0.3, -0.25) is 9.59 Å². The van der Waals surface area contributed by atoms with Gasteiger partial charge >= 0.3 is 0 Å². The van der Waals surface area contributed by atoms with E-state index in [0.717, 1.165) is 37.1 Å². The summed E-state index contributed by atoms with van der Waals surface area (Å²) in [6.45, 7) is 1.67. The lowest BCUT2D eigenvalue weighted by Gasteiger charge is -2.15. The topological polar surface area (TPSA) is 75.4 Å². The van der Waals surface area contributed by atoms with Gasteiger partial charge in [-0.25, -0.2) is 0 Å². The molecule has 2 amide bonds. The van der Waals surface area contributed by atoms with Crippen LogP contribution in [0.1, 0.15) is 24.0 Å². The Morgan fingerprint density at radius 2 is 1.81 bits per heavy atom. The van der Waals surface area contributed by atoms with Crippen LogP contribution in [0.25, 0.3) is 0 Å². The number of hydrogen-bond acceptors (Lipinski definition) is 3. The Morgan fingerprint density at radius 3 is 2.38 bits per heavy atom. The van der Waals surface area contributed by atoms with Gasteiger partial charge in [0.15, 0.2) is 0 Å². The maximum absolute atomic E-state index is 11.8. The molecule has 0 aliphatic carbocycles. The van der Waals surface area contributed by atoms with Gasteiger partial charge < -0.3 is 16.0 Å². The molecule has 1 aromatic rings. The summed E-state index contributed by atoms with van der Waals surface area (Å²) in [6, 6.07) is 7.22. The second-order valence-corrected chi connectivity index (χ2v) is 5.54. The van der Waals surface area contributed by atoms with Gasteiger partial charge in [0.05, 0.1) is 13.0 Å². The standard InChI is InChI=1S/C15H19N3O2S/c16-15(21)12-5-3-11(4-6-12)9-13(19)17-10-14(20)18-7-1-2-8-18/h3-6H,1-2,7-10H2,(H2,16,21)(H,17,19). The van der Waals surface area contributed by atoms with E-state index in [2.05, 4.69) is 5.32 Å². The monoisotopic (exact) mass is 305 g/mol. The third kappa shape index (κ3) is 4.53. The molecule has 3 N–H and O–H groups in total. The molecule has 0 atom stereocenters. The summed E-state index contributed by atoms with van der Waals surface area (Å²) in [5.41, 5.74) is 7.15. The minimum atomic E-state index is -0.161. The number of thiocarbonyl (C=S) groups is 1. The second-order valence-electron chi connectivity index (χ2n) is 5.10. The van der Waals surface area contributed by atoms with E-state index in [4.69, 9.17) is 18.0 Å². The van der Waals surface area contributed by atoms with Gasteiger partial charge in [0, 0.05) is 18.7 Å². The lowest BCUT2D eigenvalue weighted by Crippen LogP contribution is -2.39. The van der Waals surface area contributed by atoms with Crippen LogP contribution >= 0.6 is 12.2 Å². The lowest BCUT2D eigenvalue weighted by molar-refractivity contribution is -0.131. The average molecular weight is 305 g/mol. The molecule has 1 aromatic carbocycles. The number of benzene rings is 1. The zero-order chi connectivity index (χ0) is 15.2. The molecular weight excluding hydrogens is 286 g/mol. The lowest BCUT2D eigenvalue weighted by atomic mass is 10.1. The minimum Gasteiger partial charge on any atom is -0.389 e. The average Bonchev–Trinajstić information content (AvgIpc) is 2.99. The number of carbonyl (C=O) groups is 2. The molecule has 0 spiro atoms. The number of carbonyl (C=O) groups excluding carboxylic acids is 2. The predicted molar refractivity (Wildman–Crippen MR) is 84.9 cm³/mol. The first-order valence-corrected chi connectivity index (χ1v) is 7.40. The van der Waals surface area contributed by atoms with Gasteiger partial charge in [-0.05, 0) is 18.4 Å². The number of nitrogens with zero attached hydrogens (tertiary/aromatic N) is 1. The molecule has 1 saturated heterocycles. The molecule has 1 aliphatic rings. The number of rotatable bonds is 5. The molecule has 21 heavy (non-hydrogen) atoms. The number of nitrogens with two attached hydrogens (primary N) is 1. The largest absolute Gasteiger partial charge is 0.389 e. The molecule has 0 aromatic heterocycles. The highest BCUT2D eigenvalue weighted by atomic mass is 32.1. The van der Waals surface area contributed by atoms with E-state index in [-0.39, 0.29) is 24.8 Å². The highest BCUT2D eigenvalue weighted by Crippen LogP contribution is 2.07. The number of amides is 2. The van der Waals surface area contributed by atoms with Crippen LogP contribution in [0.3, 0.4) is 0 Å². The first kappa shape index (κ1) is 15.4. The maximum atomic E-state index is 11.8. The fourth-order valence-corrected chi connectivity index (χ4v) is 2.42. The first-order valence-electron chi connectivity index (χ1n) is 6.99. The van der Waals surface area contributed by atoms with Gasteiger partial charge in [0.1, 0.15) is 4.99 Å². The Morgan fingerprint density at radius 1 is 1.19 bits per heavy atom. The number of hydrogen-bond donors (Lipinski definition) is 2. The van der Waals surface area contributed by atoms with E-state index in [0.29, 0.717) is 4.99 Å². The number of nitrogens with one attached hydrogen (secondary N) is 1. The quantitative estimate of drug-likeness (QED) is 0.781. The molecule has 6 heteroatoms. The maximum Gasteiger partial charge on any atom is 0.241 e. The highest BCUT2D eigenvalue weighted by molar-refractivity contribution is 7.80. The summed E-state index contributed by atoms with van der Waals surface area (Å²) in [5, 5.41) is 2.66. The van der Waals surface area contributed by atoms with Gasteiger partial charge in [-0.2, -0.15) is 0 Å². The molecular formula is C15H19N3O2S. The molecule has 1 heterocycles. The molecule has 112 valence electrons. The minimum absolute atomic E-state index is 0.00956. The molecule has 1 fully saturated rings. The van der Waals surface area contributed by atoms with Gasteiger partial charge in [-0.15, -0.1) is 0 Å². The van der Waals surface area contributed by atoms with E-state index in [1.807, 2.05) is 12.1 Å². The summed E-state index contributed by atoms with van der Waals surface area (Å²) < 4.78 is 0. The molecule has 2 rings (SSSR count). The predicted octanol–water partition coefficient (Wildman–Crippen LogP) is 0.602. The zero-order valence-electron chi connectivity index (χ0n) is 11.8. The van der Waals surface area contributed by atoms with E-state index in [1.165, 1.54) is 0 Å². The Balaban J connectivity index is 1.78. The third-order valence-corrected chi connectivity index (χ3v) is 3.73. The van der Waals surface area contributed by atoms with Crippen LogP contribution in [0.5, 0.6) is 0 Å². The van der Waals surface area contributed by atoms with Crippen LogP contribution in [0.4, 0.5) is 0 Å². The summed E-state index contributed by atoms with van der Waals surface area (Å²) in [5.74, 6) is -0.171. The fraction of sp³-hybridized carbons (Fsp3) is 0.400. The molecule has 1 aliphatic heterocycles. The van der Waals surface area contributed by atoms with E-state index < -0.39 is 0 Å². The van der Waals surface area contributed by atoms with Crippen molar-refractivity contribution in [2.45, 2.75) is 19.3 Å².